The van der Waals surface area contributed by atoms with Crippen LogP contribution in [0.3, 0.4) is 0 Å². The van der Waals surface area contributed by atoms with Crippen LogP contribution in [0, 0.1) is 5.41 Å². The van der Waals surface area contributed by atoms with Crippen LogP contribution in [-0.4, -0.2) is 41.9 Å². The van der Waals surface area contributed by atoms with E-state index in [4.69, 9.17) is 4.74 Å². The third-order valence-electron chi connectivity index (χ3n) is 6.19. The molecule has 4 rings (SSSR count). The van der Waals surface area contributed by atoms with Crippen LogP contribution in [0.15, 0.2) is 35.9 Å². The zero-order valence-corrected chi connectivity index (χ0v) is 16.2. The van der Waals surface area contributed by atoms with Gasteiger partial charge in [0.1, 0.15) is 11.4 Å². The Morgan fingerprint density at radius 3 is 2.93 bits per heavy atom. The van der Waals surface area contributed by atoms with E-state index in [0.717, 1.165) is 12.8 Å². The lowest BCUT2D eigenvalue weighted by Gasteiger charge is -2.34. The highest BCUT2D eigenvalue weighted by Crippen LogP contribution is 2.39. The minimum Gasteiger partial charge on any atom is -0.484 e. The van der Waals surface area contributed by atoms with Crippen molar-refractivity contribution in [2.45, 2.75) is 51.6 Å². The van der Waals surface area contributed by atoms with Gasteiger partial charge in [0, 0.05) is 24.9 Å². The number of ether oxygens (including phenoxy) is 1. The number of urea groups is 1. The highest BCUT2D eigenvalue weighted by molar-refractivity contribution is 6.00. The monoisotopic (exact) mass is 368 g/mol. The lowest BCUT2D eigenvalue weighted by atomic mass is 9.83. The summed E-state index contributed by atoms with van der Waals surface area (Å²) < 4.78 is 6.21. The van der Waals surface area contributed by atoms with Gasteiger partial charge in [-0.3, -0.25) is 4.79 Å². The number of ketones is 1. The number of allylic oxidation sites excluding steroid dienone is 1. The van der Waals surface area contributed by atoms with Gasteiger partial charge in [-0.1, -0.05) is 37.6 Å². The van der Waals surface area contributed by atoms with Gasteiger partial charge in [0.05, 0.1) is 18.5 Å². The summed E-state index contributed by atoms with van der Waals surface area (Å²) in [5.74, 6) is 0.749. The molecular weight excluding hydrogens is 340 g/mol. The van der Waals surface area contributed by atoms with Crippen molar-refractivity contribution in [1.29, 1.82) is 0 Å². The molecule has 1 N–H and O–H groups in total. The molecule has 0 aromatic heterocycles. The van der Waals surface area contributed by atoms with Crippen LogP contribution in [-0.2, 0) is 0 Å². The fourth-order valence-electron chi connectivity index (χ4n) is 4.50. The number of rotatable bonds is 3. The number of para-hydroxylation sites is 1. The Bertz CT molecular complexity index is 799. The van der Waals surface area contributed by atoms with E-state index in [-0.39, 0.29) is 17.2 Å². The zero-order valence-electron chi connectivity index (χ0n) is 16.2. The summed E-state index contributed by atoms with van der Waals surface area (Å²) in [5, 5.41) is 3.10. The van der Waals surface area contributed by atoms with Gasteiger partial charge in [0.25, 0.3) is 0 Å². The average Bonchev–Trinajstić information content (AvgIpc) is 3.31. The van der Waals surface area contributed by atoms with Crippen LogP contribution in [0.5, 0.6) is 5.75 Å². The van der Waals surface area contributed by atoms with E-state index in [1.807, 2.05) is 24.3 Å². The largest absolute Gasteiger partial charge is 0.484 e. The molecule has 5 heteroatoms. The maximum Gasteiger partial charge on any atom is 0.317 e. The number of amides is 2. The van der Waals surface area contributed by atoms with Crippen LogP contribution in [0.2, 0.25) is 0 Å². The summed E-state index contributed by atoms with van der Waals surface area (Å²) in [7, 11) is 0. The van der Waals surface area contributed by atoms with Crippen molar-refractivity contribution in [2.75, 3.05) is 19.6 Å². The topological polar surface area (TPSA) is 58.6 Å². The van der Waals surface area contributed by atoms with Gasteiger partial charge in [-0.15, -0.1) is 0 Å². The molecule has 1 aromatic carbocycles. The number of carbonyl (C=O) groups is 2. The van der Waals surface area contributed by atoms with E-state index in [1.165, 1.54) is 12.0 Å². The molecular formula is C22H28N2O3. The summed E-state index contributed by atoms with van der Waals surface area (Å²) >= 11 is 0. The second-order valence-electron chi connectivity index (χ2n) is 8.72. The maximum atomic E-state index is 12.7. The van der Waals surface area contributed by atoms with E-state index in [9.17, 15) is 9.59 Å². The minimum absolute atomic E-state index is 0.0141. The van der Waals surface area contributed by atoms with Crippen molar-refractivity contribution < 1.29 is 14.3 Å². The van der Waals surface area contributed by atoms with Crippen molar-refractivity contribution in [3.63, 3.8) is 0 Å². The molecule has 1 aromatic rings. The Kier molecular flexibility index (Phi) is 4.49. The molecule has 2 amide bonds. The molecule has 27 heavy (non-hydrogen) atoms. The molecule has 1 aliphatic carbocycles. The molecule has 5 nitrogen and oxygen atoms in total. The minimum atomic E-state index is -0.577. The Hall–Kier alpha value is -2.30. The number of Topliss-reactive ketones (excluding diaryl/α,β-unsaturated/α-hetero) is 1. The maximum absolute atomic E-state index is 12.7. The summed E-state index contributed by atoms with van der Waals surface area (Å²) in [6.07, 6.45) is 6.84. The third-order valence-corrected chi connectivity index (χ3v) is 6.19. The SMILES string of the molecule is CC(C)(CNC(=O)N1CCC2(CC(=O)c3ccccc3O2)C1)C1=CCCC1. The summed E-state index contributed by atoms with van der Waals surface area (Å²) in [6.45, 7) is 6.09. The smallest absolute Gasteiger partial charge is 0.317 e. The van der Waals surface area contributed by atoms with Gasteiger partial charge in [0.15, 0.2) is 5.78 Å². The van der Waals surface area contributed by atoms with Crippen molar-refractivity contribution >= 4 is 11.8 Å². The van der Waals surface area contributed by atoms with Gasteiger partial charge in [-0.25, -0.2) is 4.79 Å². The van der Waals surface area contributed by atoms with Crippen molar-refractivity contribution in [3.8, 4) is 5.75 Å². The number of nitrogens with zero attached hydrogens (tertiary/aromatic N) is 1. The van der Waals surface area contributed by atoms with Crippen molar-refractivity contribution in [3.05, 3.63) is 41.5 Å². The second kappa shape index (κ2) is 6.70. The number of carbonyl (C=O) groups excluding carboxylic acids is 2. The first-order valence-corrected chi connectivity index (χ1v) is 9.92. The molecule has 0 saturated carbocycles. The van der Waals surface area contributed by atoms with E-state index in [1.54, 1.807) is 4.90 Å². The molecule has 1 atom stereocenters. The van der Waals surface area contributed by atoms with Gasteiger partial charge >= 0.3 is 6.03 Å². The second-order valence-corrected chi connectivity index (χ2v) is 8.72. The summed E-state index contributed by atoms with van der Waals surface area (Å²) in [5.41, 5.74) is 1.50. The highest BCUT2D eigenvalue weighted by atomic mass is 16.5. The van der Waals surface area contributed by atoms with E-state index < -0.39 is 5.60 Å². The number of benzene rings is 1. The van der Waals surface area contributed by atoms with Gasteiger partial charge < -0.3 is 15.0 Å². The fourth-order valence-corrected chi connectivity index (χ4v) is 4.50. The predicted molar refractivity (Wildman–Crippen MR) is 104 cm³/mol. The number of hydrogen-bond donors (Lipinski definition) is 1. The van der Waals surface area contributed by atoms with E-state index in [0.29, 0.717) is 43.8 Å². The van der Waals surface area contributed by atoms with E-state index >= 15 is 0 Å². The highest BCUT2D eigenvalue weighted by Gasteiger charge is 2.47. The number of hydrogen-bond acceptors (Lipinski definition) is 3. The molecule has 144 valence electrons. The van der Waals surface area contributed by atoms with Gasteiger partial charge in [-0.05, 0) is 31.4 Å². The lowest BCUT2D eigenvalue weighted by Crippen LogP contribution is -2.48. The summed E-state index contributed by atoms with van der Waals surface area (Å²) in [4.78, 5) is 27.0. The Labute approximate surface area is 160 Å². The molecule has 1 unspecified atom stereocenters. The first-order valence-electron chi connectivity index (χ1n) is 9.92. The first kappa shape index (κ1) is 18.1. The van der Waals surface area contributed by atoms with Crippen LogP contribution < -0.4 is 10.1 Å². The van der Waals surface area contributed by atoms with E-state index in [2.05, 4.69) is 25.2 Å². The first-order chi connectivity index (χ1) is 12.9. The fraction of sp³-hybridized carbons (Fsp3) is 0.545. The average molecular weight is 368 g/mol. The number of fused-ring (bicyclic) bond motifs is 1. The molecule has 2 aliphatic heterocycles. The quantitative estimate of drug-likeness (QED) is 0.822. The predicted octanol–water partition coefficient (Wildman–Crippen LogP) is 3.94. The normalized spacial score (nSPS) is 24.6. The van der Waals surface area contributed by atoms with Crippen molar-refractivity contribution in [1.82, 2.24) is 10.2 Å². The molecule has 1 fully saturated rings. The van der Waals surface area contributed by atoms with Crippen LogP contribution in [0.4, 0.5) is 4.79 Å². The van der Waals surface area contributed by atoms with Gasteiger partial charge in [0.2, 0.25) is 0 Å². The Balaban J connectivity index is 1.38. The number of likely N-dealkylation sites (tertiary alicyclic amines) is 1. The summed E-state index contributed by atoms with van der Waals surface area (Å²) in [6, 6.07) is 7.32. The lowest BCUT2D eigenvalue weighted by molar-refractivity contribution is 0.0477. The Morgan fingerprint density at radius 1 is 1.33 bits per heavy atom. The molecule has 1 spiro atoms. The molecule has 0 bridgehead atoms. The number of nitrogens with one attached hydrogen (secondary N) is 1. The molecule has 2 heterocycles. The molecule has 1 saturated heterocycles. The van der Waals surface area contributed by atoms with Crippen LogP contribution in [0.1, 0.15) is 56.3 Å². The third kappa shape index (κ3) is 3.47. The molecule has 0 radical (unpaired) electrons. The Morgan fingerprint density at radius 2 is 2.15 bits per heavy atom. The van der Waals surface area contributed by atoms with Crippen LogP contribution in [0.25, 0.3) is 0 Å². The molecule has 3 aliphatic rings. The zero-order chi connectivity index (χ0) is 19.1. The standard InChI is InChI=1S/C22H28N2O3/c1-21(2,16-7-3-4-8-16)14-23-20(26)24-12-11-22(15-24)13-18(25)17-9-5-6-10-19(17)27-22/h5-7,9-10H,3-4,8,11-15H2,1-2H3,(H,23,26). The van der Waals surface area contributed by atoms with Gasteiger partial charge in [-0.2, -0.15) is 0 Å². The van der Waals surface area contributed by atoms with Crippen molar-refractivity contribution in [2.24, 2.45) is 5.41 Å². The van der Waals surface area contributed by atoms with Crippen LogP contribution >= 0.6 is 0 Å².